The van der Waals surface area contributed by atoms with Crippen LogP contribution in [0.5, 0.6) is 0 Å². The van der Waals surface area contributed by atoms with Gasteiger partial charge >= 0.3 is 0 Å². The van der Waals surface area contributed by atoms with Crippen LogP contribution >= 0.6 is 38.5 Å². The second-order valence-electron chi connectivity index (χ2n) is 2.60. The molecular weight excluding hydrogens is 333 g/mol. The smallest absolute Gasteiger partial charge is 0.252 e. The lowest BCUT2D eigenvalue weighted by atomic mass is 10.1. The van der Waals surface area contributed by atoms with Crippen LogP contribution in [-0.2, 0) is 6.54 Å². The highest BCUT2D eigenvalue weighted by molar-refractivity contribution is 14.1. The molecule has 0 saturated heterocycles. The maximum atomic E-state index is 11.3. The molecule has 62 valence electrons. The summed E-state index contributed by atoms with van der Waals surface area (Å²) < 4.78 is 2.04. The molecule has 1 amide bonds. The van der Waals surface area contributed by atoms with Gasteiger partial charge in [0.15, 0.2) is 0 Å². The van der Waals surface area contributed by atoms with E-state index in [1.807, 2.05) is 12.1 Å². The van der Waals surface area contributed by atoms with E-state index >= 15 is 0 Å². The van der Waals surface area contributed by atoms with Gasteiger partial charge in [0.25, 0.3) is 5.91 Å². The molecule has 2 rings (SSSR count). The molecule has 12 heavy (non-hydrogen) atoms. The quantitative estimate of drug-likeness (QED) is 0.723. The molecule has 0 saturated carbocycles. The SMILES string of the molecule is O=C1NCc2cc(Br)cc(I)c21. The monoisotopic (exact) mass is 337 g/mol. The average Bonchev–Trinajstić information content (AvgIpc) is 2.31. The molecule has 1 aliphatic rings. The van der Waals surface area contributed by atoms with E-state index in [0.717, 1.165) is 19.2 Å². The van der Waals surface area contributed by atoms with Crippen LogP contribution in [-0.4, -0.2) is 5.91 Å². The number of nitrogens with one attached hydrogen (secondary N) is 1. The van der Waals surface area contributed by atoms with Crippen LogP contribution < -0.4 is 5.32 Å². The molecule has 1 N–H and O–H groups in total. The number of carbonyl (C=O) groups excluding carboxylic acids is 1. The Kier molecular flexibility index (Phi) is 2.12. The Morgan fingerprint density at radius 2 is 2.25 bits per heavy atom. The van der Waals surface area contributed by atoms with Crippen molar-refractivity contribution >= 4 is 44.4 Å². The number of amides is 1. The molecule has 1 aromatic carbocycles. The lowest BCUT2D eigenvalue weighted by Crippen LogP contribution is -2.13. The summed E-state index contributed by atoms with van der Waals surface area (Å²) in [7, 11) is 0. The molecule has 0 aliphatic carbocycles. The Hall–Kier alpha value is -0.100. The third kappa shape index (κ3) is 1.26. The second-order valence-corrected chi connectivity index (χ2v) is 4.68. The zero-order chi connectivity index (χ0) is 8.72. The lowest BCUT2D eigenvalue weighted by molar-refractivity contribution is 0.0965. The first kappa shape index (κ1) is 8.50. The van der Waals surface area contributed by atoms with Crippen molar-refractivity contribution in [1.82, 2.24) is 5.32 Å². The van der Waals surface area contributed by atoms with E-state index in [0.29, 0.717) is 6.54 Å². The van der Waals surface area contributed by atoms with E-state index in [-0.39, 0.29) is 5.91 Å². The standard InChI is InChI=1S/C8H5BrINO/c9-5-1-4-3-11-8(12)7(4)6(10)2-5/h1-2H,3H2,(H,11,12). The van der Waals surface area contributed by atoms with E-state index in [9.17, 15) is 4.79 Å². The van der Waals surface area contributed by atoms with Crippen molar-refractivity contribution in [2.45, 2.75) is 6.54 Å². The summed E-state index contributed by atoms with van der Waals surface area (Å²) in [6.45, 7) is 0.656. The minimum Gasteiger partial charge on any atom is -0.348 e. The van der Waals surface area contributed by atoms with Crippen LogP contribution in [0.2, 0.25) is 0 Å². The summed E-state index contributed by atoms with van der Waals surface area (Å²) in [4.78, 5) is 11.3. The Labute approximate surface area is 92.0 Å². The number of rotatable bonds is 0. The van der Waals surface area contributed by atoms with Gasteiger partial charge in [0, 0.05) is 14.6 Å². The highest BCUT2D eigenvalue weighted by Gasteiger charge is 2.21. The van der Waals surface area contributed by atoms with E-state index < -0.39 is 0 Å². The molecule has 0 bridgehead atoms. The Balaban J connectivity index is 2.68. The van der Waals surface area contributed by atoms with Crippen molar-refractivity contribution in [3.8, 4) is 0 Å². The fourth-order valence-corrected chi connectivity index (χ4v) is 3.14. The minimum atomic E-state index is 0.0434. The molecule has 0 atom stereocenters. The van der Waals surface area contributed by atoms with Gasteiger partial charge in [-0.2, -0.15) is 0 Å². The van der Waals surface area contributed by atoms with E-state index in [1.54, 1.807) is 0 Å². The molecule has 1 aromatic rings. The fourth-order valence-electron chi connectivity index (χ4n) is 1.28. The van der Waals surface area contributed by atoms with Crippen molar-refractivity contribution in [3.63, 3.8) is 0 Å². The molecule has 0 fully saturated rings. The fraction of sp³-hybridized carbons (Fsp3) is 0.125. The summed E-state index contributed by atoms with van der Waals surface area (Å²) in [5, 5.41) is 2.79. The van der Waals surface area contributed by atoms with Crippen molar-refractivity contribution in [2.24, 2.45) is 0 Å². The first-order valence-electron chi connectivity index (χ1n) is 3.44. The van der Waals surface area contributed by atoms with Gasteiger partial charge in [0.05, 0.1) is 5.56 Å². The molecular formula is C8H5BrINO. The molecule has 0 unspecified atom stereocenters. The number of hydrogen-bond donors (Lipinski definition) is 1. The van der Waals surface area contributed by atoms with Crippen LogP contribution in [0, 0.1) is 3.57 Å². The van der Waals surface area contributed by atoms with E-state index in [4.69, 9.17) is 0 Å². The van der Waals surface area contributed by atoms with Crippen LogP contribution in [0.1, 0.15) is 15.9 Å². The third-order valence-electron chi connectivity index (χ3n) is 1.80. The molecule has 0 radical (unpaired) electrons. The number of halogens is 2. The predicted molar refractivity (Wildman–Crippen MR) is 58.0 cm³/mol. The van der Waals surface area contributed by atoms with Crippen molar-refractivity contribution in [3.05, 3.63) is 31.3 Å². The summed E-state index contributed by atoms with van der Waals surface area (Å²) in [5.74, 6) is 0.0434. The zero-order valence-corrected chi connectivity index (χ0v) is 9.77. The number of carbonyl (C=O) groups is 1. The first-order valence-corrected chi connectivity index (χ1v) is 5.32. The van der Waals surface area contributed by atoms with Gasteiger partial charge in [-0.3, -0.25) is 4.79 Å². The molecule has 0 spiro atoms. The molecule has 0 aromatic heterocycles. The van der Waals surface area contributed by atoms with Gasteiger partial charge in [-0.25, -0.2) is 0 Å². The average molecular weight is 338 g/mol. The minimum absolute atomic E-state index is 0.0434. The van der Waals surface area contributed by atoms with Crippen LogP contribution in [0.15, 0.2) is 16.6 Å². The van der Waals surface area contributed by atoms with E-state index in [1.165, 1.54) is 0 Å². The topological polar surface area (TPSA) is 29.1 Å². The summed E-state index contributed by atoms with van der Waals surface area (Å²) in [6.07, 6.45) is 0. The lowest BCUT2D eigenvalue weighted by Gasteiger charge is -1.99. The molecule has 1 heterocycles. The maximum absolute atomic E-state index is 11.3. The maximum Gasteiger partial charge on any atom is 0.252 e. The van der Waals surface area contributed by atoms with Gasteiger partial charge in [0.1, 0.15) is 0 Å². The van der Waals surface area contributed by atoms with Crippen LogP contribution in [0.4, 0.5) is 0 Å². The summed E-state index contributed by atoms with van der Waals surface area (Å²) in [5.41, 5.74) is 1.91. The van der Waals surface area contributed by atoms with Gasteiger partial charge in [0.2, 0.25) is 0 Å². The van der Waals surface area contributed by atoms with Crippen LogP contribution in [0.25, 0.3) is 0 Å². The summed E-state index contributed by atoms with van der Waals surface area (Å²) >= 11 is 5.57. The molecule has 4 heteroatoms. The predicted octanol–water partition coefficient (Wildman–Crippen LogP) is 2.30. The highest BCUT2D eigenvalue weighted by Crippen LogP contribution is 2.25. The highest BCUT2D eigenvalue weighted by atomic mass is 127. The Morgan fingerprint density at radius 1 is 1.50 bits per heavy atom. The number of benzene rings is 1. The normalized spacial score (nSPS) is 14.3. The van der Waals surface area contributed by atoms with Crippen molar-refractivity contribution < 1.29 is 4.79 Å². The van der Waals surface area contributed by atoms with Crippen molar-refractivity contribution in [1.29, 1.82) is 0 Å². The Morgan fingerprint density at radius 3 is 3.00 bits per heavy atom. The number of fused-ring (bicyclic) bond motifs is 1. The third-order valence-corrected chi connectivity index (χ3v) is 3.11. The summed E-state index contributed by atoms with van der Waals surface area (Å²) in [6, 6.07) is 3.93. The zero-order valence-electron chi connectivity index (χ0n) is 6.03. The van der Waals surface area contributed by atoms with Crippen molar-refractivity contribution in [2.75, 3.05) is 0 Å². The van der Waals surface area contributed by atoms with Crippen LogP contribution in [0.3, 0.4) is 0 Å². The van der Waals surface area contributed by atoms with Gasteiger partial charge in [-0.05, 0) is 40.3 Å². The molecule has 2 nitrogen and oxygen atoms in total. The molecule has 1 aliphatic heterocycles. The van der Waals surface area contributed by atoms with Gasteiger partial charge in [-0.1, -0.05) is 15.9 Å². The second kappa shape index (κ2) is 2.99. The Bertz CT molecular complexity index is 364. The number of hydrogen-bond acceptors (Lipinski definition) is 1. The van der Waals surface area contributed by atoms with Gasteiger partial charge in [-0.15, -0.1) is 0 Å². The van der Waals surface area contributed by atoms with Gasteiger partial charge < -0.3 is 5.32 Å². The largest absolute Gasteiger partial charge is 0.348 e. The van der Waals surface area contributed by atoms with E-state index in [2.05, 4.69) is 43.8 Å². The first-order chi connectivity index (χ1) is 5.68.